The van der Waals surface area contributed by atoms with E-state index in [1.54, 1.807) is 0 Å². The highest BCUT2D eigenvalue weighted by molar-refractivity contribution is 9.10. The van der Waals surface area contributed by atoms with Crippen molar-refractivity contribution in [3.8, 4) is 0 Å². The van der Waals surface area contributed by atoms with Crippen molar-refractivity contribution in [2.75, 3.05) is 7.05 Å². The lowest BCUT2D eigenvalue weighted by Crippen LogP contribution is -2.32. The Morgan fingerprint density at radius 2 is 2.00 bits per heavy atom. The first-order chi connectivity index (χ1) is 9.78. The van der Waals surface area contributed by atoms with E-state index in [1.807, 2.05) is 11.8 Å². The molecule has 0 spiro atoms. The van der Waals surface area contributed by atoms with Crippen LogP contribution in [0.5, 0.6) is 0 Å². The van der Waals surface area contributed by atoms with E-state index in [0.29, 0.717) is 11.3 Å². The number of aryl methyl sites for hydroxylation is 1. The summed E-state index contributed by atoms with van der Waals surface area (Å²) in [5, 5.41) is 4.10. The quantitative estimate of drug-likeness (QED) is 0.854. The van der Waals surface area contributed by atoms with Gasteiger partial charge in [0.25, 0.3) is 0 Å². The van der Waals surface area contributed by atoms with Gasteiger partial charge in [0.05, 0.1) is 0 Å². The molecular weight excluding hydrogens is 330 g/mol. The topological polar surface area (TPSA) is 12.0 Å². The summed E-state index contributed by atoms with van der Waals surface area (Å²) in [6.45, 7) is 0. The van der Waals surface area contributed by atoms with E-state index in [-0.39, 0.29) is 0 Å². The Bertz CT molecular complexity index is 599. The summed E-state index contributed by atoms with van der Waals surface area (Å²) in [4.78, 5) is 1.34. The summed E-state index contributed by atoms with van der Waals surface area (Å²) in [5.74, 6) is 0. The second-order valence-corrected chi connectivity index (χ2v) is 7.35. The number of halogens is 1. The second kappa shape index (κ2) is 6.33. The molecule has 1 N–H and O–H groups in total. The van der Waals surface area contributed by atoms with Crippen LogP contribution in [0.25, 0.3) is 0 Å². The molecule has 3 rings (SSSR count). The van der Waals surface area contributed by atoms with Gasteiger partial charge in [0.1, 0.15) is 0 Å². The number of hydrogen-bond donors (Lipinski definition) is 1. The molecule has 2 aromatic carbocycles. The highest BCUT2D eigenvalue weighted by Gasteiger charge is 2.28. The third-order valence-corrected chi connectivity index (χ3v) is 5.68. The highest BCUT2D eigenvalue weighted by Crippen LogP contribution is 2.40. The van der Waals surface area contributed by atoms with Crippen molar-refractivity contribution in [2.45, 2.75) is 29.0 Å². The van der Waals surface area contributed by atoms with E-state index in [9.17, 15) is 0 Å². The van der Waals surface area contributed by atoms with E-state index >= 15 is 0 Å². The molecule has 0 saturated heterocycles. The molecule has 0 fully saturated rings. The van der Waals surface area contributed by atoms with Crippen LogP contribution in [-0.2, 0) is 6.42 Å². The molecule has 3 heteroatoms. The van der Waals surface area contributed by atoms with Crippen molar-refractivity contribution in [2.24, 2.45) is 0 Å². The Hall–Kier alpha value is -0.770. The minimum Gasteiger partial charge on any atom is -0.312 e. The number of benzene rings is 2. The minimum atomic E-state index is 0.434. The van der Waals surface area contributed by atoms with E-state index in [1.165, 1.54) is 28.9 Å². The average molecular weight is 348 g/mol. The van der Waals surface area contributed by atoms with Crippen LogP contribution in [0.1, 0.15) is 23.6 Å². The Morgan fingerprint density at radius 1 is 1.15 bits per heavy atom. The molecule has 104 valence electrons. The zero-order chi connectivity index (χ0) is 13.9. The molecule has 2 aromatic rings. The number of nitrogens with one attached hydrogen (secondary N) is 1. The molecule has 0 saturated carbocycles. The molecule has 2 unspecified atom stereocenters. The normalized spacial score (nSPS) is 21.5. The van der Waals surface area contributed by atoms with Gasteiger partial charge >= 0.3 is 0 Å². The highest BCUT2D eigenvalue weighted by atomic mass is 79.9. The van der Waals surface area contributed by atoms with Crippen molar-refractivity contribution in [3.63, 3.8) is 0 Å². The lowest BCUT2D eigenvalue weighted by atomic mass is 9.87. The van der Waals surface area contributed by atoms with Gasteiger partial charge in [0, 0.05) is 20.7 Å². The summed E-state index contributed by atoms with van der Waals surface area (Å²) in [6, 6.07) is 17.9. The molecule has 20 heavy (non-hydrogen) atoms. The molecule has 0 radical (unpaired) electrons. The zero-order valence-corrected chi connectivity index (χ0v) is 13.9. The van der Waals surface area contributed by atoms with Crippen LogP contribution >= 0.6 is 27.7 Å². The van der Waals surface area contributed by atoms with Crippen LogP contribution in [0.15, 0.2) is 57.9 Å². The molecule has 0 heterocycles. The monoisotopic (exact) mass is 347 g/mol. The van der Waals surface area contributed by atoms with Gasteiger partial charge in [-0.1, -0.05) is 46.3 Å². The van der Waals surface area contributed by atoms with Crippen LogP contribution in [0.2, 0.25) is 0 Å². The van der Waals surface area contributed by atoms with E-state index in [4.69, 9.17) is 0 Å². The predicted octanol–water partition coefficient (Wildman–Crippen LogP) is 4.82. The van der Waals surface area contributed by atoms with Gasteiger partial charge in [-0.3, -0.25) is 0 Å². The Kier molecular flexibility index (Phi) is 4.49. The number of rotatable bonds is 3. The van der Waals surface area contributed by atoms with Gasteiger partial charge in [-0.15, -0.1) is 11.8 Å². The van der Waals surface area contributed by atoms with Gasteiger partial charge in [-0.2, -0.15) is 0 Å². The number of fused-ring (bicyclic) bond motifs is 1. The third-order valence-electron chi connectivity index (χ3n) is 3.85. The fourth-order valence-corrected chi connectivity index (χ4v) is 4.82. The molecule has 1 aliphatic rings. The zero-order valence-electron chi connectivity index (χ0n) is 11.5. The van der Waals surface area contributed by atoms with Gasteiger partial charge < -0.3 is 5.32 Å². The molecule has 0 aromatic heterocycles. The average Bonchev–Trinajstić information content (AvgIpc) is 2.47. The standard InChI is InChI=1S/C17H18BrNS/c1-19-17-15-8-3-2-5-12(15)9-10-16(17)20-14-7-4-6-13(18)11-14/h2-8,11,16-17,19H,9-10H2,1H3. The number of hydrogen-bond acceptors (Lipinski definition) is 2. The van der Waals surface area contributed by atoms with Gasteiger partial charge in [0.2, 0.25) is 0 Å². The Labute approximate surface area is 133 Å². The van der Waals surface area contributed by atoms with Crippen LogP contribution < -0.4 is 5.32 Å². The molecular formula is C17H18BrNS. The first-order valence-corrected chi connectivity index (χ1v) is 8.62. The van der Waals surface area contributed by atoms with E-state index in [2.05, 4.69) is 76.8 Å². The van der Waals surface area contributed by atoms with Crippen molar-refractivity contribution in [1.29, 1.82) is 0 Å². The molecule has 2 atom stereocenters. The molecule has 1 aliphatic carbocycles. The Morgan fingerprint density at radius 3 is 2.80 bits per heavy atom. The maximum atomic E-state index is 3.56. The van der Waals surface area contributed by atoms with Crippen LogP contribution in [0.4, 0.5) is 0 Å². The fraction of sp³-hybridized carbons (Fsp3) is 0.294. The first-order valence-electron chi connectivity index (χ1n) is 6.95. The molecule has 0 bridgehead atoms. The van der Waals surface area contributed by atoms with Crippen molar-refractivity contribution >= 4 is 27.7 Å². The van der Waals surface area contributed by atoms with Gasteiger partial charge in [0.15, 0.2) is 0 Å². The third kappa shape index (κ3) is 2.95. The second-order valence-electron chi connectivity index (χ2n) is 5.12. The predicted molar refractivity (Wildman–Crippen MR) is 90.4 cm³/mol. The lowest BCUT2D eigenvalue weighted by Gasteiger charge is -2.33. The maximum Gasteiger partial charge on any atom is 0.0444 e. The summed E-state index contributed by atoms with van der Waals surface area (Å²) < 4.78 is 1.15. The van der Waals surface area contributed by atoms with Crippen LogP contribution in [0, 0.1) is 0 Å². The summed E-state index contributed by atoms with van der Waals surface area (Å²) in [5.41, 5.74) is 2.96. The minimum absolute atomic E-state index is 0.434. The molecule has 0 aliphatic heterocycles. The summed E-state index contributed by atoms with van der Waals surface area (Å²) in [6.07, 6.45) is 2.40. The summed E-state index contributed by atoms with van der Waals surface area (Å²) >= 11 is 5.54. The van der Waals surface area contributed by atoms with Gasteiger partial charge in [-0.25, -0.2) is 0 Å². The van der Waals surface area contributed by atoms with E-state index in [0.717, 1.165) is 4.47 Å². The Balaban J connectivity index is 1.84. The van der Waals surface area contributed by atoms with Crippen LogP contribution in [-0.4, -0.2) is 12.3 Å². The molecule has 1 nitrogen and oxygen atoms in total. The summed E-state index contributed by atoms with van der Waals surface area (Å²) in [7, 11) is 2.07. The lowest BCUT2D eigenvalue weighted by molar-refractivity contribution is 0.510. The van der Waals surface area contributed by atoms with Gasteiger partial charge in [-0.05, 0) is 49.2 Å². The largest absolute Gasteiger partial charge is 0.312 e. The maximum absolute atomic E-state index is 3.56. The molecule has 0 amide bonds. The SMILES string of the molecule is CNC1c2ccccc2CCC1Sc1cccc(Br)c1. The first kappa shape index (κ1) is 14.2. The van der Waals surface area contributed by atoms with Crippen molar-refractivity contribution in [1.82, 2.24) is 5.32 Å². The number of thioether (sulfide) groups is 1. The smallest absolute Gasteiger partial charge is 0.0444 e. The fourth-order valence-electron chi connectivity index (χ4n) is 2.91. The van der Waals surface area contributed by atoms with Crippen molar-refractivity contribution in [3.05, 3.63) is 64.1 Å². The van der Waals surface area contributed by atoms with E-state index < -0.39 is 0 Å². The van der Waals surface area contributed by atoms with Crippen molar-refractivity contribution < 1.29 is 0 Å². The van der Waals surface area contributed by atoms with Crippen LogP contribution in [0.3, 0.4) is 0 Å².